The van der Waals surface area contributed by atoms with Crippen LogP contribution in [0.15, 0.2) is 18.2 Å². The van der Waals surface area contributed by atoms with Gasteiger partial charge >= 0.3 is 0 Å². The summed E-state index contributed by atoms with van der Waals surface area (Å²) >= 11 is 0. The number of nitrogens with one attached hydrogen (secondary N) is 1. The Bertz CT molecular complexity index is 532. The molecule has 2 fully saturated rings. The van der Waals surface area contributed by atoms with Crippen molar-refractivity contribution in [1.29, 1.82) is 0 Å². The molecule has 4 nitrogen and oxygen atoms in total. The van der Waals surface area contributed by atoms with Crippen molar-refractivity contribution in [3.8, 4) is 0 Å². The summed E-state index contributed by atoms with van der Waals surface area (Å²) in [6.07, 6.45) is 5.77. The van der Waals surface area contributed by atoms with Gasteiger partial charge in [0.1, 0.15) is 5.82 Å². The van der Waals surface area contributed by atoms with Crippen molar-refractivity contribution in [2.45, 2.75) is 37.6 Å². The van der Waals surface area contributed by atoms with Crippen molar-refractivity contribution < 1.29 is 9.18 Å². The van der Waals surface area contributed by atoms with E-state index in [9.17, 15) is 9.18 Å². The second-order valence-corrected chi connectivity index (χ2v) is 6.11. The molecule has 1 saturated carbocycles. The maximum Gasteiger partial charge on any atom is 0.253 e. The topological polar surface area (TPSA) is 58.4 Å². The summed E-state index contributed by atoms with van der Waals surface area (Å²) in [5.41, 5.74) is 6.10. The lowest BCUT2D eigenvalue weighted by atomic mass is 9.78. The van der Waals surface area contributed by atoms with E-state index in [0.29, 0.717) is 5.69 Å². The summed E-state index contributed by atoms with van der Waals surface area (Å²) in [5, 5.41) is 3.46. The van der Waals surface area contributed by atoms with Crippen molar-refractivity contribution in [1.82, 2.24) is 5.32 Å². The molecule has 1 aromatic carbocycles. The molecule has 3 rings (SSSR count). The molecule has 0 aromatic heterocycles. The van der Waals surface area contributed by atoms with E-state index in [1.807, 2.05) is 6.07 Å². The molecule has 1 spiro atoms. The fraction of sp³-hybridized carbons (Fsp3) is 0.562. The van der Waals surface area contributed by atoms with Crippen LogP contribution in [0.3, 0.4) is 0 Å². The zero-order valence-electron chi connectivity index (χ0n) is 12.2. The van der Waals surface area contributed by atoms with Crippen LogP contribution >= 0.6 is 0 Å². The first-order valence-electron chi connectivity index (χ1n) is 7.71. The average molecular weight is 291 g/mol. The van der Waals surface area contributed by atoms with Gasteiger partial charge in [-0.1, -0.05) is 25.3 Å². The zero-order chi connectivity index (χ0) is 14.9. The molecule has 0 radical (unpaired) electrons. The van der Waals surface area contributed by atoms with Gasteiger partial charge in [0.15, 0.2) is 0 Å². The van der Waals surface area contributed by atoms with Gasteiger partial charge in [-0.25, -0.2) is 4.39 Å². The SMILES string of the molecule is NC(=O)c1c(F)cccc1N1CCNCC12CCCCC2. The molecule has 0 bridgehead atoms. The van der Waals surface area contributed by atoms with Crippen LogP contribution in [0.2, 0.25) is 0 Å². The van der Waals surface area contributed by atoms with Gasteiger partial charge in [-0.15, -0.1) is 0 Å². The third-order valence-corrected chi connectivity index (χ3v) is 4.85. The lowest BCUT2D eigenvalue weighted by Crippen LogP contribution is -2.62. The second kappa shape index (κ2) is 5.64. The van der Waals surface area contributed by atoms with Gasteiger partial charge in [0.25, 0.3) is 5.91 Å². The summed E-state index contributed by atoms with van der Waals surface area (Å²) < 4.78 is 14.1. The fourth-order valence-electron chi connectivity index (χ4n) is 3.86. The predicted octanol–water partition coefficient (Wildman–Crippen LogP) is 2.04. The molecule has 1 aliphatic heterocycles. The van der Waals surface area contributed by atoms with Crippen LogP contribution in [0, 0.1) is 5.82 Å². The van der Waals surface area contributed by atoms with E-state index >= 15 is 0 Å². The average Bonchev–Trinajstić information content (AvgIpc) is 2.48. The minimum atomic E-state index is -0.687. The highest BCUT2D eigenvalue weighted by molar-refractivity contribution is 5.99. The van der Waals surface area contributed by atoms with E-state index in [-0.39, 0.29) is 11.1 Å². The molecule has 114 valence electrons. The minimum absolute atomic E-state index is 0.00546. The molecule has 5 heteroatoms. The lowest BCUT2D eigenvalue weighted by Gasteiger charge is -2.51. The van der Waals surface area contributed by atoms with Crippen LogP contribution in [0.4, 0.5) is 10.1 Å². The first-order chi connectivity index (χ1) is 10.1. The van der Waals surface area contributed by atoms with E-state index < -0.39 is 11.7 Å². The van der Waals surface area contributed by atoms with E-state index in [0.717, 1.165) is 32.5 Å². The summed E-state index contributed by atoms with van der Waals surface area (Å²) in [6.45, 7) is 2.52. The number of hydrogen-bond donors (Lipinski definition) is 2. The number of halogens is 1. The van der Waals surface area contributed by atoms with Crippen molar-refractivity contribution >= 4 is 11.6 Å². The maximum atomic E-state index is 14.1. The number of piperazine rings is 1. The first-order valence-corrected chi connectivity index (χ1v) is 7.71. The van der Waals surface area contributed by atoms with Gasteiger partial charge < -0.3 is 16.0 Å². The lowest BCUT2D eigenvalue weighted by molar-refractivity contribution is 0.0996. The van der Waals surface area contributed by atoms with Gasteiger partial charge in [0, 0.05) is 19.6 Å². The van der Waals surface area contributed by atoms with Crippen LogP contribution in [-0.2, 0) is 0 Å². The zero-order valence-corrected chi connectivity index (χ0v) is 12.2. The number of carbonyl (C=O) groups is 1. The third kappa shape index (κ3) is 2.50. The van der Waals surface area contributed by atoms with Gasteiger partial charge in [0.05, 0.1) is 16.8 Å². The fourth-order valence-corrected chi connectivity index (χ4v) is 3.86. The van der Waals surface area contributed by atoms with Crippen LogP contribution in [0.1, 0.15) is 42.5 Å². The molecule has 3 N–H and O–H groups in total. The Kier molecular flexibility index (Phi) is 3.85. The van der Waals surface area contributed by atoms with Crippen LogP contribution in [0.25, 0.3) is 0 Å². The number of hydrogen-bond acceptors (Lipinski definition) is 3. The quantitative estimate of drug-likeness (QED) is 0.876. The normalized spacial score (nSPS) is 21.5. The first kappa shape index (κ1) is 14.3. The summed E-state index contributed by atoms with van der Waals surface area (Å²) in [7, 11) is 0. The van der Waals surface area contributed by atoms with Crippen LogP contribution in [-0.4, -0.2) is 31.1 Å². The number of carbonyl (C=O) groups excluding carboxylic acids is 1. The Hall–Kier alpha value is -1.62. The van der Waals surface area contributed by atoms with Crippen LogP contribution < -0.4 is 16.0 Å². The number of nitrogens with two attached hydrogens (primary N) is 1. The molecule has 21 heavy (non-hydrogen) atoms. The number of primary amides is 1. The standard InChI is InChI=1S/C16H22FN3O/c17-12-5-4-6-13(14(12)15(18)21)20-10-9-19-11-16(20)7-2-1-3-8-16/h4-6,19H,1-3,7-11H2,(H2,18,21). The smallest absolute Gasteiger partial charge is 0.253 e. The van der Waals surface area contributed by atoms with Crippen molar-refractivity contribution in [3.63, 3.8) is 0 Å². The largest absolute Gasteiger partial charge is 0.365 e. The van der Waals surface area contributed by atoms with Gasteiger partial charge in [-0.05, 0) is 25.0 Å². The Morgan fingerprint density at radius 2 is 2.05 bits per heavy atom. The Morgan fingerprint density at radius 3 is 2.76 bits per heavy atom. The molecule has 0 atom stereocenters. The molecular weight excluding hydrogens is 269 g/mol. The summed E-state index contributed by atoms with van der Waals surface area (Å²) in [4.78, 5) is 13.9. The van der Waals surface area contributed by atoms with E-state index in [4.69, 9.17) is 5.73 Å². The number of benzene rings is 1. The minimum Gasteiger partial charge on any atom is -0.365 e. The number of amides is 1. The van der Waals surface area contributed by atoms with Crippen molar-refractivity contribution in [2.75, 3.05) is 24.5 Å². The van der Waals surface area contributed by atoms with Crippen molar-refractivity contribution in [2.24, 2.45) is 5.73 Å². The van der Waals surface area contributed by atoms with Gasteiger partial charge in [-0.2, -0.15) is 0 Å². The van der Waals surface area contributed by atoms with Gasteiger partial charge in [-0.3, -0.25) is 4.79 Å². The predicted molar refractivity (Wildman–Crippen MR) is 80.9 cm³/mol. The summed E-state index contributed by atoms with van der Waals surface area (Å²) in [6, 6.07) is 4.79. The maximum absolute atomic E-state index is 14.1. The van der Waals surface area contributed by atoms with Crippen LogP contribution in [0.5, 0.6) is 0 Å². The molecule has 1 amide bonds. The molecular formula is C16H22FN3O. The monoisotopic (exact) mass is 291 g/mol. The number of nitrogens with zero attached hydrogens (tertiary/aromatic N) is 1. The number of anilines is 1. The molecule has 2 aliphatic rings. The van der Waals surface area contributed by atoms with E-state index in [1.54, 1.807) is 6.07 Å². The highest BCUT2D eigenvalue weighted by atomic mass is 19.1. The highest BCUT2D eigenvalue weighted by Crippen LogP contribution is 2.39. The van der Waals surface area contributed by atoms with Gasteiger partial charge in [0.2, 0.25) is 0 Å². The molecule has 1 aliphatic carbocycles. The van der Waals surface area contributed by atoms with Crippen molar-refractivity contribution in [3.05, 3.63) is 29.6 Å². The molecule has 0 unspecified atom stereocenters. The molecule has 1 saturated heterocycles. The molecule has 1 heterocycles. The second-order valence-electron chi connectivity index (χ2n) is 6.11. The van der Waals surface area contributed by atoms with E-state index in [2.05, 4.69) is 10.2 Å². The Morgan fingerprint density at radius 1 is 1.29 bits per heavy atom. The Balaban J connectivity index is 2.05. The highest BCUT2D eigenvalue weighted by Gasteiger charge is 2.41. The molecule has 1 aromatic rings. The number of rotatable bonds is 2. The third-order valence-electron chi connectivity index (χ3n) is 4.85. The summed E-state index contributed by atoms with van der Waals surface area (Å²) in [5.74, 6) is -1.21. The van der Waals surface area contributed by atoms with E-state index in [1.165, 1.54) is 25.3 Å². The Labute approximate surface area is 124 Å².